The van der Waals surface area contributed by atoms with E-state index in [1.165, 1.54) is 0 Å². The largest absolute Gasteiger partial charge is 0.479 e. The molecule has 0 bridgehead atoms. The molecule has 0 radical (unpaired) electrons. The second-order valence-corrected chi connectivity index (χ2v) is 1.99. The molecule has 0 aromatic heterocycles. The molecule has 2 N–H and O–H groups in total. The van der Waals surface area contributed by atoms with Crippen LogP contribution in [0.5, 0.6) is 0 Å². The fourth-order valence-corrected chi connectivity index (χ4v) is 0.603. The van der Waals surface area contributed by atoms with E-state index in [9.17, 15) is 4.79 Å². The zero-order chi connectivity index (χ0) is 7.44. The summed E-state index contributed by atoms with van der Waals surface area (Å²) in [5.74, 6) is -0.859. The molecule has 0 aliphatic rings. The van der Waals surface area contributed by atoms with Gasteiger partial charge in [0.15, 0.2) is 6.17 Å². The third kappa shape index (κ3) is 2.43. The molecule has 9 heavy (non-hydrogen) atoms. The van der Waals surface area contributed by atoms with Crippen LogP contribution in [0.25, 0.3) is 0 Å². The first kappa shape index (κ1) is 8.39. The van der Waals surface area contributed by atoms with Gasteiger partial charge in [0.1, 0.15) is 0 Å². The highest BCUT2D eigenvalue weighted by atomic mass is 16.4. The van der Waals surface area contributed by atoms with E-state index in [1.54, 1.807) is 26.0 Å². The molecule has 4 nitrogen and oxygen atoms in total. The second kappa shape index (κ2) is 3.42. The van der Waals surface area contributed by atoms with Gasteiger partial charge < -0.3 is 5.11 Å². The third-order valence-corrected chi connectivity index (χ3v) is 1.02. The summed E-state index contributed by atoms with van der Waals surface area (Å²) in [5, 5.41) is 11.1. The van der Waals surface area contributed by atoms with Crippen LogP contribution in [0.15, 0.2) is 0 Å². The van der Waals surface area contributed by atoms with Crippen molar-refractivity contribution in [2.24, 2.45) is 0 Å². The Hall–Kier alpha value is -0.610. The van der Waals surface area contributed by atoms with Gasteiger partial charge in [0.2, 0.25) is 0 Å². The van der Waals surface area contributed by atoms with Gasteiger partial charge in [0.25, 0.3) is 0 Å². The van der Waals surface area contributed by atoms with Gasteiger partial charge in [-0.3, -0.25) is 10.2 Å². The van der Waals surface area contributed by atoms with E-state index in [2.05, 4.69) is 5.32 Å². The maximum atomic E-state index is 10.3. The summed E-state index contributed by atoms with van der Waals surface area (Å²) in [6, 6.07) is 0. The predicted octanol–water partition coefficient (Wildman–Crippen LogP) is -0.822. The molecule has 1 unspecified atom stereocenters. The number of carboxylic acids is 1. The molecule has 0 fully saturated rings. The smallest absolute Gasteiger partial charge is 0.335 e. The molecule has 0 aromatic carbocycles. The molecule has 0 saturated carbocycles. The number of nitrogens with zero attached hydrogens (tertiary/aromatic N) is 1. The summed E-state index contributed by atoms with van der Waals surface area (Å²) in [7, 11) is 5.02. The number of aliphatic carboxylic acids is 1. The highest BCUT2D eigenvalue weighted by Gasteiger charge is 2.15. The molecule has 0 amide bonds. The minimum absolute atomic E-state index is 0.579. The summed E-state index contributed by atoms with van der Waals surface area (Å²) < 4.78 is 0. The number of carbonyl (C=O) groups is 1. The lowest BCUT2D eigenvalue weighted by Gasteiger charge is -2.18. The van der Waals surface area contributed by atoms with Crippen LogP contribution in [0.1, 0.15) is 0 Å². The Kier molecular flexibility index (Phi) is 3.19. The molecular formula is C5H12N2O2. The van der Waals surface area contributed by atoms with Crippen LogP contribution in [0.4, 0.5) is 0 Å². The predicted molar refractivity (Wildman–Crippen MR) is 34.2 cm³/mol. The third-order valence-electron chi connectivity index (χ3n) is 1.02. The maximum Gasteiger partial charge on any atom is 0.335 e. The summed E-state index contributed by atoms with van der Waals surface area (Å²) in [5.41, 5.74) is 0. The van der Waals surface area contributed by atoms with Gasteiger partial charge in [-0.1, -0.05) is 0 Å². The Labute approximate surface area is 54.5 Å². The van der Waals surface area contributed by atoms with E-state index in [0.717, 1.165) is 0 Å². The normalized spacial score (nSPS) is 13.8. The van der Waals surface area contributed by atoms with Gasteiger partial charge in [0, 0.05) is 0 Å². The average molecular weight is 132 g/mol. The van der Waals surface area contributed by atoms with Crippen molar-refractivity contribution in [2.45, 2.75) is 6.17 Å². The fraction of sp³-hybridized carbons (Fsp3) is 0.800. The molecule has 0 rings (SSSR count). The number of rotatable bonds is 3. The lowest BCUT2D eigenvalue weighted by Crippen LogP contribution is -2.45. The SMILES string of the molecule is CNC(C(=O)O)N(C)C. The van der Waals surface area contributed by atoms with E-state index < -0.39 is 12.1 Å². The Morgan fingerprint density at radius 1 is 1.67 bits per heavy atom. The molecule has 0 heterocycles. The zero-order valence-electron chi connectivity index (χ0n) is 5.88. The van der Waals surface area contributed by atoms with Crippen molar-refractivity contribution in [1.29, 1.82) is 0 Å². The molecule has 0 saturated heterocycles. The summed E-state index contributed by atoms with van der Waals surface area (Å²) >= 11 is 0. The van der Waals surface area contributed by atoms with Crippen LogP contribution in [0.2, 0.25) is 0 Å². The Balaban J connectivity index is 3.83. The molecule has 0 spiro atoms. The lowest BCUT2D eigenvalue weighted by molar-refractivity contribution is -0.143. The first-order valence-electron chi connectivity index (χ1n) is 2.66. The maximum absolute atomic E-state index is 10.3. The van der Waals surface area contributed by atoms with Crippen LogP contribution in [0.3, 0.4) is 0 Å². The quantitative estimate of drug-likeness (QED) is 0.492. The van der Waals surface area contributed by atoms with Gasteiger partial charge in [-0.2, -0.15) is 0 Å². The van der Waals surface area contributed by atoms with E-state index >= 15 is 0 Å². The number of hydrogen-bond acceptors (Lipinski definition) is 3. The molecule has 54 valence electrons. The molecule has 0 aromatic rings. The van der Waals surface area contributed by atoms with Crippen molar-refractivity contribution < 1.29 is 9.90 Å². The van der Waals surface area contributed by atoms with Gasteiger partial charge in [0.05, 0.1) is 0 Å². The minimum atomic E-state index is -0.859. The van der Waals surface area contributed by atoms with Crippen molar-refractivity contribution >= 4 is 5.97 Å². The highest BCUT2D eigenvalue weighted by Crippen LogP contribution is 1.85. The number of nitrogens with one attached hydrogen (secondary N) is 1. The average Bonchev–Trinajstić information content (AvgIpc) is 1.64. The highest BCUT2D eigenvalue weighted by molar-refractivity contribution is 5.72. The van der Waals surface area contributed by atoms with E-state index in [0.29, 0.717) is 0 Å². The van der Waals surface area contributed by atoms with E-state index in [4.69, 9.17) is 5.11 Å². The van der Waals surface area contributed by atoms with Crippen LogP contribution in [-0.2, 0) is 4.79 Å². The summed E-state index contributed by atoms with van der Waals surface area (Å²) in [6.07, 6.45) is -0.579. The molecule has 0 aliphatic heterocycles. The number of carboxylic acid groups (broad SMARTS) is 1. The summed E-state index contributed by atoms with van der Waals surface area (Å²) in [4.78, 5) is 11.9. The Morgan fingerprint density at radius 3 is 2.11 bits per heavy atom. The van der Waals surface area contributed by atoms with Gasteiger partial charge in [-0.25, -0.2) is 4.79 Å². The number of hydrogen-bond donors (Lipinski definition) is 2. The van der Waals surface area contributed by atoms with Crippen LogP contribution < -0.4 is 5.32 Å². The first-order valence-corrected chi connectivity index (χ1v) is 2.66. The van der Waals surface area contributed by atoms with Crippen molar-refractivity contribution in [3.8, 4) is 0 Å². The summed E-state index contributed by atoms with van der Waals surface area (Å²) in [6.45, 7) is 0. The second-order valence-electron chi connectivity index (χ2n) is 1.99. The molecule has 4 heteroatoms. The van der Waals surface area contributed by atoms with Crippen LogP contribution >= 0.6 is 0 Å². The van der Waals surface area contributed by atoms with Crippen LogP contribution in [-0.4, -0.2) is 43.3 Å². The standard InChI is InChI=1S/C5H12N2O2/c1-6-4(5(8)9)7(2)3/h4,6H,1-3H3,(H,8,9). The number of likely N-dealkylation sites (N-methyl/N-ethyl adjacent to an activating group) is 2. The molecular weight excluding hydrogens is 120 g/mol. The first-order chi connectivity index (χ1) is 4.09. The van der Waals surface area contributed by atoms with Crippen molar-refractivity contribution in [1.82, 2.24) is 10.2 Å². The van der Waals surface area contributed by atoms with Gasteiger partial charge in [-0.05, 0) is 21.1 Å². The van der Waals surface area contributed by atoms with Crippen molar-refractivity contribution in [3.05, 3.63) is 0 Å². The van der Waals surface area contributed by atoms with E-state index in [1.807, 2.05) is 0 Å². The topological polar surface area (TPSA) is 52.6 Å². The minimum Gasteiger partial charge on any atom is -0.479 e. The van der Waals surface area contributed by atoms with Crippen molar-refractivity contribution in [3.63, 3.8) is 0 Å². The van der Waals surface area contributed by atoms with Crippen LogP contribution in [0, 0.1) is 0 Å². The van der Waals surface area contributed by atoms with E-state index in [-0.39, 0.29) is 0 Å². The monoisotopic (exact) mass is 132 g/mol. The molecule has 1 atom stereocenters. The zero-order valence-corrected chi connectivity index (χ0v) is 5.88. The van der Waals surface area contributed by atoms with Gasteiger partial charge >= 0.3 is 5.97 Å². The Bertz CT molecular complexity index is 103. The van der Waals surface area contributed by atoms with Gasteiger partial charge in [-0.15, -0.1) is 0 Å². The van der Waals surface area contributed by atoms with Crippen molar-refractivity contribution in [2.75, 3.05) is 21.1 Å². The lowest BCUT2D eigenvalue weighted by atomic mass is 10.5. The molecule has 0 aliphatic carbocycles. The fourth-order valence-electron chi connectivity index (χ4n) is 0.603. The Morgan fingerprint density at radius 2 is 2.11 bits per heavy atom.